The van der Waals surface area contributed by atoms with Crippen LogP contribution in [0.2, 0.25) is 0 Å². The third-order valence-corrected chi connectivity index (χ3v) is 7.39. The summed E-state index contributed by atoms with van der Waals surface area (Å²) in [6.45, 7) is 0.0568. The topological polar surface area (TPSA) is 102 Å². The van der Waals surface area contributed by atoms with Gasteiger partial charge in [-0.25, -0.2) is 17.6 Å². The number of amides is 1. The van der Waals surface area contributed by atoms with Gasteiger partial charge in [0.15, 0.2) is 6.61 Å². The molecule has 170 valence electrons. The van der Waals surface area contributed by atoms with E-state index in [2.05, 4.69) is 5.32 Å². The van der Waals surface area contributed by atoms with Gasteiger partial charge in [-0.1, -0.05) is 6.07 Å². The maximum atomic E-state index is 14.3. The minimum atomic E-state index is -4.13. The van der Waals surface area contributed by atoms with Gasteiger partial charge >= 0.3 is 5.97 Å². The quantitative estimate of drug-likeness (QED) is 0.660. The number of nitrogens with zero attached hydrogens (tertiary/aromatic N) is 1. The summed E-state index contributed by atoms with van der Waals surface area (Å²) in [7, 11) is -4.13. The van der Waals surface area contributed by atoms with Gasteiger partial charge < -0.3 is 14.8 Å². The summed E-state index contributed by atoms with van der Waals surface area (Å²) in [5.74, 6) is -2.42. The Morgan fingerprint density at radius 2 is 1.81 bits per heavy atom. The van der Waals surface area contributed by atoms with Gasteiger partial charge in [-0.15, -0.1) is 0 Å². The molecule has 2 aliphatic rings. The molecule has 0 unspecified atom stereocenters. The van der Waals surface area contributed by atoms with Crippen LogP contribution in [0.4, 0.5) is 10.1 Å². The summed E-state index contributed by atoms with van der Waals surface area (Å²) in [6, 6.07) is 8.63. The van der Waals surface area contributed by atoms with E-state index in [-0.39, 0.29) is 31.9 Å². The number of morpholine rings is 1. The Morgan fingerprint density at radius 1 is 1.06 bits per heavy atom. The van der Waals surface area contributed by atoms with Gasteiger partial charge in [0, 0.05) is 18.8 Å². The van der Waals surface area contributed by atoms with Crippen molar-refractivity contribution >= 4 is 27.6 Å². The van der Waals surface area contributed by atoms with E-state index in [1.165, 1.54) is 11.1 Å². The second-order valence-electron chi connectivity index (χ2n) is 7.62. The molecular formula is C22H23FN2O6S. The number of anilines is 1. The molecular weight excluding hydrogens is 439 g/mol. The number of nitrogens with one attached hydrogen (secondary N) is 1. The van der Waals surface area contributed by atoms with Crippen molar-refractivity contribution in [2.45, 2.75) is 24.2 Å². The van der Waals surface area contributed by atoms with E-state index in [4.69, 9.17) is 9.47 Å². The average Bonchev–Trinajstić information content (AvgIpc) is 3.26. The van der Waals surface area contributed by atoms with Crippen LogP contribution in [0, 0.1) is 5.82 Å². The third-order valence-electron chi connectivity index (χ3n) is 5.47. The number of carbonyl (C=O) groups is 2. The van der Waals surface area contributed by atoms with Gasteiger partial charge in [-0.2, -0.15) is 4.31 Å². The number of hydrogen-bond donors (Lipinski definition) is 1. The second-order valence-corrected chi connectivity index (χ2v) is 9.53. The number of ether oxygens (including phenoxy) is 2. The first-order valence-electron chi connectivity index (χ1n) is 10.3. The Bertz CT molecular complexity index is 1150. The molecule has 1 N–H and O–H groups in total. The first kappa shape index (κ1) is 22.4. The molecule has 0 radical (unpaired) electrons. The molecule has 1 amide bonds. The predicted octanol–water partition coefficient (Wildman–Crippen LogP) is 2.13. The molecule has 1 saturated heterocycles. The lowest BCUT2D eigenvalue weighted by Crippen LogP contribution is -2.41. The Kier molecular flexibility index (Phi) is 6.54. The number of esters is 1. The van der Waals surface area contributed by atoms with Crippen LogP contribution in [0.1, 0.15) is 27.9 Å². The van der Waals surface area contributed by atoms with Gasteiger partial charge in [-0.3, -0.25) is 4.79 Å². The van der Waals surface area contributed by atoms with Gasteiger partial charge in [-0.05, 0) is 60.7 Å². The fourth-order valence-corrected chi connectivity index (χ4v) is 5.31. The van der Waals surface area contributed by atoms with Crippen LogP contribution in [-0.2, 0) is 37.1 Å². The number of aryl methyl sites for hydroxylation is 2. The van der Waals surface area contributed by atoms with E-state index in [1.807, 2.05) is 12.1 Å². The molecule has 1 aliphatic heterocycles. The Balaban J connectivity index is 1.40. The van der Waals surface area contributed by atoms with E-state index >= 15 is 0 Å². The highest BCUT2D eigenvalue weighted by Gasteiger charge is 2.30. The molecule has 2 aromatic carbocycles. The van der Waals surface area contributed by atoms with E-state index in [0.717, 1.165) is 41.8 Å². The average molecular weight is 462 g/mol. The fraction of sp³-hybridized carbons (Fsp3) is 0.364. The van der Waals surface area contributed by atoms with E-state index in [1.54, 1.807) is 6.07 Å². The van der Waals surface area contributed by atoms with Crippen LogP contribution in [0.3, 0.4) is 0 Å². The number of rotatable bonds is 6. The number of benzene rings is 2. The maximum absolute atomic E-state index is 14.3. The summed E-state index contributed by atoms with van der Waals surface area (Å²) in [5, 5.41) is 2.68. The van der Waals surface area contributed by atoms with Crippen molar-refractivity contribution in [3.63, 3.8) is 0 Å². The molecule has 2 aromatic rings. The first-order valence-corrected chi connectivity index (χ1v) is 11.7. The SMILES string of the molecule is O=C(COC(=O)c1ccc(F)c(S(=O)(=O)N2CCOCC2)c1)Nc1ccc2c(c1)CCC2. The number of carbonyl (C=O) groups excluding carboxylic acids is 2. The zero-order chi connectivity index (χ0) is 22.7. The van der Waals surface area contributed by atoms with Crippen LogP contribution in [0.15, 0.2) is 41.3 Å². The van der Waals surface area contributed by atoms with Crippen molar-refractivity contribution in [2.24, 2.45) is 0 Å². The molecule has 1 fully saturated rings. The highest BCUT2D eigenvalue weighted by Crippen LogP contribution is 2.25. The molecule has 0 aromatic heterocycles. The minimum absolute atomic E-state index is 0.0965. The number of hydrogen-bond acceptors (Lipinski definition) is 6. The Morgan fingerprint density at radius 3 is 2.59 bits per heavy atom. The van der Waals surface area contributed by atoms with Crippen molar-refractivity contribution in [1.29, 1.82) is 0 Å². The monoisotopic (exact) mass is 462 g/mol. The summed E-state index contributed by atoms with van der Waals surface area (Å²) < 4.78 is 51.0. The predicted molar refractivity (Wildman–Crippen MR) is 113 cm³/mol. The van der Waals surface area contributed by atoms with Crippen molar-refractivity contribution in [3.8, 4) is 0 Å². The van der Waals surface area contributed by atoms with Gasteiger partial charge in [0.05, 0.1) is 18.8 Å². The number of sulfonamides is 1. The lowest BCUT2D eigenvalue weighted by Gasteiger charge is -2.26. The molecule has 10 heteroatoms. The van der Waals surface area contributed by atoms with Crippen LogP contribution in [0.25, 0.3) is 0 Å². The van der Waals surface area contributed by atoms with Gasteiger partial charge in [0.2, 0.25) is 10.0 Å². The summed E-state index contributed by atoms with van der Waals surface area (Å²) in [6.07, 6.45) is 3.08. The third kappa shape index (κ3) is 4.82. The second kappa shape index (κ2) is 9.35. The van der Waals surface area contributed by atoms with Crippen molar-refractivity contribution in [1.82, 2.24) is 4.31 Å². The van der Waals surface area contributed by atoms with Crippen LogP contribution < -0.4 is 5.32 Å². The molecule has 0 spiro atoms. The van der Waals surface area contributed by atoms with Gasteiger partial charge in [0.1, 0.15) is 10.7 Å². The largest absolute Gasteiger partial charge is 0.452 e. The molecule has 8 nitrogen and oxygen atoms in total. The smallest absolute Gasteiger partial charge is 0.338 e. The normalized spacial score (nSPS) is 16.4. The Labute approximate surface area is 185 Å². The van der Waals surface area contributed by atoms with Crippen molar-refractivity contribution < 1.29 is 31.9 Å². The van der Waals surface area contributed by atoms with Crippen LogP contribution in [0.5, 0.6) is 0 Å². The summed E-state index contributed by atoms with van der Waals surface area (Å²) in [5.41, 5.74) is 2.92. The highest BCUT2D eigenvalue weighted by molar-refractivity contribution is 7.89. The molecule has 0 bridgehead atoms. The molecule has 0 saturated carbocycles. The molecule has 32 heavy (non-hydrogen) atoms. The Hall–Kier alpha value is -2.82. The van der Waals surface area contributed by atoms with E-state index in [0.29, 0.717) is 5.69 Å². The van der Waals surface area contributed by atoms with Crippen molar-refractivity contribution in [3.05, 3.63) is 58.9 Å². The van der Waals surface area contributed by atoms with E-state index < -0.39 is 39.2 Å². The zero-order valence-corrected chi connectivity index (χ0v) is 18.1. The summed E-state index contributed by atoms with van der Waals surface area (Å²) in [4.78, 5) is 23.9. The van der Waals surface area contributed by atoms with Crippen LogP contribution in [-0.4, -0.2) is 57.5 Å². The first-order chi connectivity index (χ1) is 15.3. The van der Waals surface area contributed by atoms with E-state index in [9.17, 15) is 22.4 Å². The lowest BCUT2D eigenvalue weighted by molar-refractivity contribution is -0.119. The standard InChI is InChI=1S/C22H23FN2O6S/c23-19-7-5-17(13-20(19)32(28,29)25-8-10-30-11-9-25)22(27)31-14-21(26)24-18-6-4-15-2-1-3-16(15)12-18/h4-7,12-13H,1-3,8-11,14H2,(H,24,26). The van der Waals surface area contributed by atoms with Crippen LogP contribution >= 0.6 is 0 Å². The minimum Gasteiger partial charge on any atom is -0.452 e. The molecule has 1 aliphatic carbocycles. The fourth-order valence-electron chi connectivity index (χ4n) is 3.82. The van der Waals surface area contributed by atoms with Gasteiger partial charge in [0.25, 0.3) is 5.91 Å². The molecule has 4 rings (SSSR count). The molecule has 1 heterocycles. The summed E-state index contributed by atoms with van der Waals surface area (Å²) >= 11 is 0. The maximum Gasteiger partial charge on any atom is 0.338 e. The van der Waals surface area contributed by atoms with Crippen molar-refractivity contribution in [2.75, 3.05) is 38.2 Å². The zero-order valence-electron chi connectivity index (χ0n) is 17.3. The number of halogens is 1. The lowest BCUT2D eigenvalue weighted by atomic mass is 10.1. The molecule has 0 atom stereocenters. The number of fused-ring (bicyclic) bond motifs is 1. The highest BCUT2D eigenvalue weighted by atomic mass is 32.2.